The average molecular weight is 347 g/mol. The maximum Gasteiger partial charge on any atom is 0.307 e. The van der Waals surface area contributed by atoms with Crippen molar-refractivity contribution in [3.63, 3.8) is 0 Å². The lowest BCUT2D eigenvalue weighted by molar-refractivity contribution is -0.141. The van der Waals surface area contributed by atoms with Crippen LogP contribution < -0.4 is 14.8 Å². The first-order valence-corrected chi connectivity index (χ1v) is 8.33. The molecule has 0 spiro atoms. The largest absolute Gasteiger partial charge is 0.493 e. The van der Waals surface area contributed by atoms with Crippen LogP contribution in [0.4, 0.5) is 0 Å². The monoisotopic (exact) mass is 347 g/mol. The Hall–Kier alpha value is -2.50. The number of benzene rings is 1. The van der Waals surface area contributed by atoms with Gasteiger partial charge >= 0.3 is 5.97 Å². The van der Waals surface area contributed by atoms with Crippen LogP contribution in [0.2, 0.25) is 0 Å². The van der Waals surface area contributed by atoms with E-state index in [1.165, 1.54) is 7.11 Å². The Bertz CT molecular complexity index is 641. The minimum atomic E-state index is -0.481. The Balaban J connectivity index is 2.21. The Morgan fingerprint density at radius 1 is 1.16 bits per heavy atom. The molecule has 0 aliphatic heterocycles. The minimum absolute atomic E-state index is 0.0481. The third kappa shape index (κ3) is 4.98. The third-order valence-corrected chi connectivity index (χ3v) is 4.36. The molecular weight excluding hydrogens is 322 g/mol. The quantitative estimate of drug-likeness (QED) is 0.606. The Kier molecular flexibility index (Phi) is 6.86. The second-order valence-electron chi connectivity index (χ2n) is 5.94. The van der Waals surface area contributed by atoms with E-state index in [2.05, 4.69) is 11.4 Å². The van der Waals surface area contributed by atoms with E-state index in [-0.39, 0.29) is 24.2 Å². The van der Waals surface area contributed by atoms with Crippen molar-refractivity contribution in [1.29, 1.82) is 0 Å². The maximum atomic E-state index is 12.6. The molecule has 0 saturated carbocycles. The van der Waals surface area contributed by atoms with E-state index in [0.717, 1.165) is 24.8 Å². The minimum Gasteiger partial charge on any atom is -0.493 e. The average Bonchev–Trinajstić information content (AvgIpc) is 2.67. The van der Waals surface area contributed by atoms with Crippen LogP contribution in [-0.2, 0) is 14.3 Å². The smallest absolute Gasteiger partial charge is 0.307 e. The van der Waals surface area contributed by atoms with Gasteiger partial charge in [-0.1, -0.05) is 18.2 Å². The highest BCUT2D eigenvalue weighted by molar-refractivity contribution is 5.80. The predicted molar refractivity (Wildman–Crippen MR) is 93.5 cm³/mol. The van der Waals surface area contributed by atoms with E-state index in [1.807, 2.05) is 12.1 Å². The summed E-state index contributed by atoms with van der Waals surface area (Å²) in [7, 11) is 4.44. The topological polar surface area (TPSA) is 73.9 Å². The molecule has 136 valence electrons. The molecule has 1 aliphatic carbocycles. The standard InChI is InChI=1S/C19H25NO5/c1-23-16-10-9-14(11-17(16)24-2)15(12-18(21)25-3)20-19(22)13-7-5-4-6-8-13/h4-5,9-11,13,15H,6-8,12H2,1-3H3,(H,20,22)/t13-,15-/m1/s1. The molecule has 0 saturated heterocycles. The number of methoxy groups -OCH3 is 3. The first kappa shape index (κ1) is 18.8. The number of ether oxygens (including phenoxy) is 3. The van der Waals surface area contributed by atoms with Gasteiger partial charge in [-0.25, -0.2) is 0 Å². The van der Waals surface area contributed by atoms with E-state index in [4.69, 9.17) is 14.2 Å². The molecule has 2 rings (SSSR count). The summed E-state index contributed by atoms with van der Waals surface area (Å²) in [5.74, 6) is 0.637. The fraction of sp³-hybridized carbons (Fsp3) is 0.474. The Morgan fingerprint density at radius 3 is 2.52 bits per heavy atom. The Labute approximate surface area is 148 Å². The number of carbonyl (C=O) groups excluding carboxylic acids is 2. The molecule has 0 bridgehead atoms. The highest BCUT2D eigenvalue weighted by Crippen LogP contribution is 2.31. The van der Waals surface area contributed by atoms with Crippen molar-refractivity contribution in [2.75, 3.05) is 21.3 Å². The highest BCUT2D eigenvalue weighted by atomic mass is 16.5. The highest BCUT2D eigenvalue weighted by Gasteiger charge is 2.25. The molecule has 1 aromatic carbocycles. The van der Waals surface area contributed by atoms with Crippen molar-refractivity contribution in [3.8, 4) is 11.5 Å². The molecule has 1 N–H and O–H groups in total. The van der Waals surface area contributed by atoms with Crippen molar-refractivity contribution < 1.29 is 23.8 Å². The number of rotatable bonds is 7. The molecule has 6 heteroatoms. The molecule has 0 unspecified atom stereocenters. The fourth-order valence-electron chi connectivity index (χ4n) is 2.89. The number of hydrogen-bond acceptors (Lipinski definition) is 5. The zero-order chi connectivity index (χ0) is 18.2. The van der Waals surface area contributed by atoms with E-state index < -0.39 is 6.04 Å². The van der Waals surface area contributed by atoms with Crippen LogP contribution in [0.15, 0.2) is 30.4 Å². The zero-order valence-corrected chi connectivity index (χ0v) is 14.9. The lowest BCUT2D eigenvalue weighted by Crippen LogP contribution is -2.35. The van der Waals surface area contributed by atoms with Crippen molar-refractivity contribution in [2.24, 2.45) is 5.92 Å². The van der Waals surface area contributed by atoms with Crippen LogP contribution in [0, 0.1) is 5.92 Å². The van der Waals surface area contributed by atoms with Gasteiger partial charge in [-0.3, -0.25) is 9.59 Å². The summed E-state index contributed by atoms with van der Waals surface area (Å²) in [4.78, 5) is 24.4. The van der Waals surface area contributed by atoms with Crippen molar-refractivity contribution >= 4 is 11.9 Å². The van der Waals surface area contributed by atoms with E-state index in [9.17, 15) is 9.59 Å². The van der Waals surface area contributed by atoms with Gasteiger partial charge in [0.15, 0.2) is 11.5 Å². The second kappa shape index (κ2) is 9.11. The third-order valence-electron chi connectivity index (χ3n) is 4.36. The Morgan fingerprint density at radius 2 is 1.92 bits per heavy atom. The summed E-state index contributed by atoms with van der Waals surface area (Å²) in [5.41, 5.74) is 0.766. The molecule has 1 aliphatic rings. The first-order chi connectivity index (χ1) is 12.1. The van der Waals surface area contributed by atoms with Gasteiger partial charge in [-0.05, 0) is 37.0 Å². The van der Waals surface area contributed by atoms with Crippen LogP contribution in [0.3, 0.4) is 0 Å². The summed E-state index contributed by atoms with van der Waals surface area (Å²) in [5, 5.41) is 2.99. The van der Waals surface area contributed by atoms with E-state index in [1.54, 1.807) is 26.4 Å². The molecule has 0 aromatic heterocycles. The molecule has 1 amide bonds. The van der Waals surface area contributed by atoms with Gasteiger partial charge in [0, 0.05) is 5.92 Å². The van der Waals surface area contributed by atoms with Gasteiger partial charge in [0.05, 0.1) is 33.8 Å². The van der Waals surface area contributed by atoms with Crippen LogP contribution in [0.25, 0.3) is 0 Å². The van der Waals surface area contributed by atoms with Crippen LogP contribution >= 0.6 is 0 Å². The lowest BCUT2D eigenvalue weighted by atomic mass is 9.92. The summed E-state index contributed by atoms with van der Waals surface area (Å²) in [6.45, 7) is 0. The van der Waals surface area contributed by atoms with Gasteiger partial charge in [0.1, 0.15) is 0 Å². The predicted octanol–water partition coefficient (Wildman–Crippen LogP) is 2.78. The number of hydrogen-bond donors (Lipinski definition) is 1. The van der Waals surface area contributed by atoms with Crippen molar-refractivity contribution in [1.82, 2.24) is 5.32 Å². The molecule has 6 nitrogen and oxygen atoms in total. The van der Waals surface area contributed by atoms with Crippen LogP contribution in [0.1, 0.15) is 37.3 Å². The number of nitrogens with one attached hydrogen (secondary N) is 1. The first-order valence-electron chi connectivity index (χ1n) is 8.33. The van der Waals surface area contributed by atoms with Gasteiger partial charge in [-0.2, -0.15) is 0 Å². The lowest BCUT2D eigenvalue weighted by Gasteiger charge is -2.23. The normalized spacial score (nSPS) is 17.5. The molecule has 0 radical (unpaired) electrons. The van der Waals surface area contributed by atoms with Crippen molar-refractivity contribution in [2.45, 2.75) is 31.7 Å². The van der Waals surface area contributed by atoms with Gasteiger partial charge in [0.25, 0.3) is 0 Å². The van der Waals surface area contributed by atoms with Gasteiger partial charge in [0.2, 0.25) is 5.91 Å². The number of amides is 1. The number of allylic oxidation sites excluding steroid dienone is 2. The number of carbonyl (C=O) groups is 2. The van der Waals surface area contributed by atoms with E-state index in [0.29, 0.717) is 11.5 Å². The van der Waals surface area contributed by atoms with Gasteiger partial charge < -0.3 is 19.5 Å². The van der Waals surface area contributed by atoms with Crippen molar-refractivity contribution in [3.05, 3.63) is 35.9 Å². The maximum absolute atomic E-state index is 12.6. The summed E-state index contributed by atoms with van der Waals surface area (Å²) < 4.78 is 15.3. The summed E-state index contributed by atoms with van der Waals surface area (Å²) in [6, 6.07) is 4.86. The molecule has 0 heterocycles. The fourth-order valence-corrected chi connectivity index (χ4v) is 2.89. The zero-order valence-electron chi connectivity index (χ0n) is 14.9. The summed E-state index contributed by atoms with van der Waals surface area (Å²) >= 11 is 0. The summed E-state index contributed by atoms with van der Waals surface area (Å²) in [6.07, 6.45) is 6.61. The molecule has 2 atom stereocenters. The van der Waals surface area contributed by atoms with E-state index >= 15 is 0 Å². The van der Waals surface area contributed by atoms with Crippen LogP contribution in [-0.4, -0.2) is 33.2 Å². The molecular formula is C19H25NO5. The SMILES string of the molecule is COC(=O)C[C@@H](NC(=O)[C@@H]1CC=CCC1)c1ccc(OC)c(OC)c1. The molecule has 0 fully saturated rings. The second-order valence-corrected chi connectivity index (χ2v) is 5.94. The molecule has 25 heavy (non-hydrogen) atoms. The number of esters is 1. The van der Waals surface area contributed by atoms with Crippen LogP contribution in [0.5, 0.6) is 11.5 Å². The molecule has 1 aromatic rings. The van der Waals surface area contributed by atoms with Gasteiger partial charge in [-0.15, -0.1) is 0 Å².